The molecule has 0 radical (unpaired) electrons. The summed E-state index contributed by atoms with van der Waals surface area (Å²) in [5.41, 5.74) is 2.66. The Morgan fingerprint density at radius 3 is 2.59 bits per heavy atom. The molecule has 4 nitrogen and oxygen atoms in total. The van der Waals surface area contributed by atoms with Crippen molar-refractivity contribution in [2.45, 2.75) is 45.1 Å². The standard InChI is InChI=1S/C18H23NO3/c1-11-3-4-12(2)14(9-11)15-16(21)18(19-17(15)22)7-5-13(10-20)6-8-18/h3-4,9,13,20-21H,5-8,10H2,1-2H3,(H,19,22). The highest BCUT2D eigenvalue weighted by molar-refractivity contribution is 6.23. The molecule has 1 aliphatic carbocycles. The first-order chi connectivity index (χ1) is 10.5. The lowest BCUT2D eigenvalue weighted by molar-refractivity contribution is -0.116. The third kappa shape index (κ3) is 2.31. The molecule has 3 N–H and O–H groups in total. The molecule has 0 atom stereocenters. The summed E-state index contributed by atoms with van der Waals surface area (Å²) in [4.78, 5) is 12.5. The van der Waals surface area contributed by atoms with Crippen molar-refractivity contribution in [2.24, 2.45) is 5.92 Å². The number of aliphatic hydroxyl groups is 2. The molecule has 1 fully saturated rings. The zero-order valence-corrected chi connectivity index (χ0v) is 13.1. The topological polar surface area (TPSA) is 69.6 Å². The van der Waals surface area contributed by atoms with Crippen molar-refractivity contribution in [3.05, 3.63) is 40.6 Å². The van der Waals surface area contributed by atoms with Crippen molar-refractivity contribution in [2.75, 3.05) is 6.61 Å². The molecule has 118 valence electrons. The molecule has 1 heterocycles. The van der Waals surface area contributed by atoms with Crippen LogP contribution in [0.25, 0.3) is 5.57 Å². The third-order valence-electron chi connectivity index (χ3n) is 5.15. The highest BCUT2D eigenvalue weighted by Gasteiger charge is 2.47. The van der Waals surface area contributed by atoms with Gasteiger partial charge in [-0.1, -0.05) is 23.8 Å². The van der Waals surface area contributed by atoms with Crippen LogP contribution in [-0.4, -0.2) is 28.3 Å². The Kier molecular flexibility index (Phi) is 3.73. The molecule has 1 saturated carbocycles. The highest BCUT2D eigenvalue weighted by atomic mass is 16.3. The van der Waals surface area contributed by atoms with Crippen LogP contribution in [0.3, 0.4) is 0 Å². The molecule has 4 heteroatoms. The van der Waals surface area contributed by atoms with Gasteiger partial charge in [0.15, 0.2) is 0 Å². The second-order valence-electron chi connectivity index (χ2n) is 6.70. The van der Waals surface area contributed by atoms with Crippen LogP contribution in [0.1, 0.15) is 42.4 Å². The summed E-state index contributed by atoms with van der Waals surface area (Å²) in [6.07, 6.45) is 3.01. The van der Waals surface area contributed by atoms with Crippen LogP contribution in [0.5, 0.6) is 0 Å². The van der Waals surface area contributed by atoms with Gasteiger partial charge in [-0.3, -0.25) is 4.79 Å². The lowest BCUT2D eigenvalue weighted by atomic mass is 9.76. The van der Waals surface area contributed by atoms with Gasteiger partial charge in [-0.05, 0) is 56.6 Å². The molecule has 1 aromatic carbocycles. The van der Waals surface area contributed by atoms with Crippen molar-refractivity contribution in [1.82, 2.24) is 5.32 Å². The second-order valence-corrected chi connectivity index (χ2v) is 6.70. The Hall–Kier alpha value is -1.81. The SMILES string of the molecule is Cc1ccc(C)c(C2=C(O)C3(CCC(CO)CC3)NC2=O)c1. The Labute approximate surface area is 130 Å². The number of hydrogen-bond acceptors (Lipinski definition) is 3. The van der Waals surface area contributed by atoms with Gasteiger partial charge >= 0.3 is 0 Å². The average molecular weight is 301 g/mol. The van der Waals surface area contributed by atoms with Crippen LogP contribution in [0.2, 0.25) is 0 Å². The number of aliphatic hydroxyl groups excluding tert-OH is 2. The maximum Gasteiger partial charge on any atom is 0.256 e. The van der Waals surface area contributed by atoms with Gasteiger partial charge in [0.05, 0.1) is 11.1 Å². The summed E-state index contributed by atoms with van der Waals surface area (Å²) in [6.45, 7) is 4.12. The van der Waals surface area contributed by atoms with Gasteiger partial charge in [0.2, 0.25) is 0 Å². The second kappa shape index (κ2) is 5.43. The Morgan fingerprint density at radius 1 is 1.27 bits per heavy atom. The van der Waals surface area contributed by atoms with E-state index in [0.29, 0.717) is 18.4 Å². The molecular weight excluding hydrogens is 278 g/mol. The minimum absolute atomic E-state index is 0.179. The normalized spacial score (nSPS) is 28.3. The van der Waals surface area contributed by atoms with Crippen LogP contribution >= 0.6 is 0 Å². The molecule has 1 amide bonds. The van der Waals surface area contributed by atoms with E-state index in [2.05, 4.69) is 5.32 Å². The Morgan fingerprint density at radius 2 is 1.95 bits per heavy atom. The smallest absolute Gasteiger partial charge is 0.256 e. The molecule has 0 bridgehead atoms. The van der Waals surface area contributed by atoms with Gasteiger partial charge in [0.1, 0.15) is 5.76 Å². The van der Waals surface area contributed by atoms with Gasteiger partial charge in [0, 0.05) is 6.61 Å². The maximum atomic E-state index is 12.5. The minimum Gasteiger partial charge on any atom is -0.509 e. The molecule has 0 saturated heterocycles. The molecule has 22 heavy (non-hydrogen) atoms. The van der Waals surface area contributed by atoms with Gasteiger partial charge in [-0.15, -0.1) is 0 Å². The van der Waals surface area contributed by atoms with Crippen LogP contribution < -0.4 is 5.32 Å². The molecule has 3 rings (SSSR count). The summed E-state index contributed by atoms with van der Waals surface area (Å²) < 4.78 is 0. The first kappa shape index (κ1) is 15.1. The molecule has 0 aromatic heterocycles. The number of benzene rings is 1. The summed E-state index contributed by atoms with van der Waals surface area (Å²) in [7, 11) is 0. The molecule has 2 aliphatic rings. The Balaban J connectivity index is 2.00. The minimum atomic E-state index is -0.631. The molecule has 1 aliphatic heterocycles. The lowest BCUT2D eigenvalue weighted by Crippen LogP contribution is -2.47. The number of carbonyl (C=O) groups excluding carboxylic acids is 1. The van der Waals surface area contributed by atoms with E-state index in [-0.39, 0.29) is 24.2 Å². The van der Waals surface area contributed by atoms with Gasteiger partial charge in [-0.25, -0.2) is 0 Å². The predicted molar refractivity (Wildman–Crippen MR) is 85.4 cm³/mol. The van der Waals surface area contributed by atoms with Crippen LogP contribution in [0.15, 0.2) is 24.0 Å². The predicted octanol–water partition coefficient (Wildman–Crippen LogP) is 2.62. The number of nitrogens with one attached hydrogen (secondary N) is 1. The zero-order chi connectivity index (χ0) is 15.9. The zero-order valence-electron chi connectivity index (χ0n) is 13.1. The van der Waals surface area contributed by atoms with E-state index in [9.17, 15) is 15.0 Å². The van der Waals surface area contributed by atoms with E-state index in [1.165, 1.54) is 0 Å². The summed E-state index contributed by atoms with van der Waals surface area (Å²) in [6, 6.07) is 5.94. The fourth-order valence-electron chi connectivity index (χ4n) is 3.66. The monoisotopic (exact) mass is 301 g/mol. The van der Waals surface area contributed by atoms with E-state index < -0.39 is 5.54 Å². The largest absolute Gasteiger partial charge is 0.509 e. The fourth-order valence-corrected chi connectivity index (χ4v) is 3.66. The molecule has 0 unspecified atom stereocenters. The third-order valence-corrected chi connectivity index (χ3v) is 5.15. The first-order valence-electron chi connectivity index (χ1n) is 7.91. The quantitative estimate of drug-likeness (QED) is 0.786. The van der Waals surface area contributed by atoms with Crippen LogP contribution in [-0.2, 0) is 4.79 Å². The van der Waals surface area contributed by atoms with Crippen LogP contribution in [0, 0.1) is 19.8 Å². The van der Waals surface area contributed by atoms with Crippen molar-refractivity contribution >= 4 is 11.5 Å². The van der Waals surface area contributed by atoms with Crippen molar-refractivity contribution in [3.8, 4) is 0 Å². The van der Waals surface area contributed by atoms with Crippen molar-refractivity contribution < 1.29 is 15.0 Å². The maximum absolute atomic E-state index is 12.5. The van der Waals surface area contributed by atoms with E-state index in [0.717, 1.165) is 29.5 Å². The number of aryl methyl sites for hydroxylation is 2. The van der Waals surface area contributed by atoms with E-state index >= 15 is 0 Å². The summed E-state index contributed by atoms with van der Waals surface area (Å²) in [5, 5.41) is 23.1. The fraction of sp³-hybridized carbons (Fsp3) is 0.500. The number of hydrogen-bond donors (Lipinski definition) is 3. The number of carbonyl (C=O) groups is 1. The van der Waals surface area contributed by atoms with Gasteiger partial charge in [-0.2, -0.15) is 0 Å². The van der Waals surface area contributed by atoms with Crippen molar-refractivity contribution in [3.63, 3.8) is 0 Å². The molecular formula is C18H23NO3. The highest BCUT2D eigenvalue weighted by Crippen LogP contribution is 2.43. The van der Waals surface area contributed by atoms with Crippen molar-refractivity contribution in [1.29, 1.82) is 0 Å². The lowest BCUT2D eigenvalue weighted by Gasteiger charge is -2.36. The number of amides is 1. The van der Waals surface area contributed by atoms with E-state index in [1.807, 2.05) is 32.0 Å². The van der Waals surface area contributed by atoms with E-state index in [4.69, 9.17) is 0 Å². The molecule has 1 aromatic rings. The Bertz CT molecular complexity index is 640. The molecule has 1 spiro atoms. The summed E-state index contributed by atoms with van der Waals surface area (Å²) in [5.74, 6) is 0.274. The van der Waals surface area contributed by atoms with Crippen LogP contribution in [0.4, 0.5) is 0 Å². The van der Waals surface area contributed by atoms with Gasteiger partial charge < -0.3 is 15.5 Å². The first-order valence-corrected chi connectivity index (χ1v) is 7.91. The average Bonchev–Trinajstić information content (AvgIpc) is 2.74. The summed E-state index contributed by atoms with van der Waals surface area (Å²) >= 11 is 0. The number of rotatable bonds is 2. The van der Waals surface area contributed by atoms with E-state index in [1.54, 1.807) is 0 Å². The van der Waals surface area contributed by atoms with Gasteiger partial charge in [0.25, 0.3) is 5.91 Å².